The molecule has 1 aliphatic carbocycles. The fourth-order valence-corrected chi connectivity index (χ4v) is 1.13. The number of rotatable bonds is 2. The summed E-state index contributed by atoms with van der Waals surface area (Å²) in [6.07, 6.45) is 0.812. The lowest BCUT2D eigenvalue weighted by Gasteiger charge is -2.01. The Kier molecular flexibility index (Phi) is 2.47. The van der Waals surface area contributed by atoms with Crippen LogP contribution in [0.5, 0.6) is 0 Å². The van der Waals surface area contributed by atoms with E-state index in [1.54, 1.807) is 6.92 Å². The second kappa shape index (κ2) is 3.38. The zero-order valence-electron chi connectivity index (χ0n) is 6.92. The third kappa shape index (κ3) is 1.47. The molecular formula is C8H11NO3. The Balaban J connectivity index is 2.79. The van der Waals surface area contributed by atoms with Crippen LogP contribution in [0.3, 0.4) is 0 Å². The first-order valence-corrected chi connectivity index (χ1v) is 3.85. The fourth-order valence-electron chi connectivity index (χ4n) is 1.13. The molecule has 2 N–H and O–H groups in total. The van der Waals surface area contributed by atoms with Gasteiger partial charge >= 0.3 is 5.97 Å². The lowest BCUT2D eigenvalue weighted by molar-refractivity contribution is -0.139. The first-order chi connectivity index (χ1) is 5.66. The Labute approximate surface area is 70.4 Å². The van der Waals surface area contributed by atoms with E-state index in [2.05, 4.69) is 4.74 Å². The second-order valence-corrected chi connectivity index (χ2v) is 2.54. The maximum absolute atomic E-state index is 11.1. The van der Waals surface area contributed by atoms with Crippen LogP contribution in [0.1, 0.15) is 19.8 Å². The standard InChI is InChI=1S/C8H11NO3/c1-2-12-8(11)7-5(9)3-4-6(7)10/h2-4,9H2,1H3. The van der Waals surface area contributed by atoms with Gasteiger partial charge in [-0.3, -0.25) is 4.79 Å². The topological polar surface area (TPSA) is 69.4 Å². The molecule has 0 amide bonds. The Morgan fingerprint density at radius 3 is 2.67 bits per heavy atom. The average molecular weight is 169 g/mol. The van der Waals surface area contributed by atoms with Gasteiger partial charge in [0, 0.05) is 12.1 Å². The maximum atomic E-state index is 11.1. The summed E-state index contributed by atoms with van der Waals surface area (Å²) in [5.74, 6) is -0.788. The number of ketones is 1. The summed E-state index contributed by atoms with van der Waals surface area (Å²) in [6, 6.07) is 0. The van der Waals surface area contributed by atoms with Gasteiger partial charge in [-0.15, -0.1) is 0 Å². The smallest absolute Gasteiger partial charge is 0.343 e. The van der Waals surface area contributed by atoms with E-state index in [-0.39, 0.29) is 18.0 Å². The van der Waals surface area contributed by atoms with E-state index in [4.69, 9.17) is 5.73 Å². The van der Waals surface area contributed by atoms with Crippen molar-refractivity contribution in [3.63, 3.8) is 0 Å². The summed E-state index contributed by atoms with van der Waals surface area (Å²) in [5.41, 5.74) is 5.87. The molecule has 0 heterocycles. The normalized spacial score (nSPS) is 16.9. The quantitative estimate of drug-likeness (QED) is 0.471. The highest BCUT2D eigenvalue weighted by atomic mass is 16.5. The monoisotopic (exact) mass is 169 g/mol. The van der Waals surface area contributed by atoms with Gasteiger partial charge in [-0.1, -0.05) is 0 Å². The predicted octanol–water partition coefficient (Wildman–Crippen LogP) is 0.125. The largest absolute Gasteiger partial charge is 0.462 e. The van der Waals surface area contributed by atoms with Crippen molar-refractivity contribution in [1.29, 1.82) is 0 Å². The molecular weight excluding hydrogens is 158 g/mol. The Morgan fingerprint density at radius 1 is 1.58 bits per heavy atom. The molecule has 4 nitrogen and oxygen atoms in total. The zero-order chi connectivity index (χ0) is 9.14. The van der Waals surface area contributed by atoms with Crippen molar-refractivity contribution in [3.8, 4) is 0 Å². The van der Waals surface area contributed by atoms with Crippen LogP contribution in [0.2, 0.25) is 0 Å². The number of carbonyl (C=O) groups is 2. The summed E-state index contributed by atoms with van der Waals surface area (Å²) >= 11 is 0. The molecule has 12 heavy (non-hydrogen) atoms. The molecule has 0 atom stereocenters. The van der Waals surface area contributed by atoms with Gasteiger partial charge in [-0.2, -0.15) is 0 Å². The van der Waals surface area contributed by atoms with E-state index in [9.17, 15) is 9.59 Å². The van der Waals surface area contributed by atoms with Gasteiger partial charge in [-0.05, 0) is 13.3 Å². The zero-order valence-corrected chi connectivity index (χ0v) is 6.92. The lowest BCUT2D eigenvalue weighted by atomic mass is 10.2. The molecule has 0 aliphatic heterocycles. The van der Waals surface area contributed by atoms with Crippen LogP contribution in [0, 0.1) is 0 Å². The van der Waals surface area contributed by atoms with E-state index in [1.807, 2.05) is 0 Å². The van der Waals surface area contributed by atoms with Crippen LogP contribution in [-0.2, 0) is 14.3 Å². The summed E-state index contributed by atoms with van der Waals surface area (Å²) < 4.78 is 4.67. The van der Waals surface area contributed by atoms with Gasteiger partial charge in [0.1, 0.15) is 5.57 Å². The molecule has 0 saturated carbocycles. The fraction of sp³-hybridized carbons (Fsp3) is 0.500. The molecule has 0 radical (unpaired) electrons. The van der Waals surface area contributed by atoms with Crippen LogP contribution >= 0.6 is 0 Å². The van der Waals surface area contributed by atoms with Crippen LogP contribution in [0.25, 0.3) is 0 Å². The first kappa shape index (κ1) is 8.77. The van der Waals surface area contributed by atoms with Crippen LogP contribution in [-0.4, -0.2) is 18.4 Å². The molecule has 1 aliphatic rings. The number of carbonyl (C=O) groups excluding carboxylic acids is 2. The number of allylic oxidation sites excluding steroid dienone is 1. The van der Waals surface area contributed by atoms with Crippen LogP contribution in [0.4, 0.5) is 0 Å². The number of hydrogen-bond acceptors (Lipinski definition) is 4. The highest BCUT2D eigenvalue weighted by Gasteiger charge is 2.27. The van der Waals surface area contributed by atoms with Gasteiger partial charge < -0.3 is 10.5 Å². The Morgan fingerprint density at radius 2 is 2.25 bits per heavy atom. The van der Waals surface area contributed by atoms with Gasteiger partial charge in [0.2, 0.25) is 0 Å². The molecule has 4 heteroatoms. The van der Waals surface area contributed by atoms with Crippen molar-refractivity contribution in [2.45, 2.75) is 19.8 Å². The number of ether oxygens (including phenoxy) is 1. The number of hydrogen-bond donors (Lipinski definition) is 1. The van der Waals surface area contributed by atoms with E-state index in [0.29, 0.717) is 18.5 Å². The molecule has 0 aromatic heterocycles. The second-order valence-electron chi connectivity index (χ2n) is 2.54. The van der Waals surface area contributed by atoms with Gasteiger partial charge in [0.25, 0.3) is 0 Å². The molecule has 0 aromatic rings. The summed E-state index contributed by atoms with van der Waals surface area (Å²) in [4.78, 5) is 22.1. The number of nitrogens with two attached hydrogens (primary N) is 1. The molecule has 0 spiro atoms. The summed E-state index contributed by atoms with van der Waals surface area (Å²) in [6.45, 7) is 1.96. The predicted molar refractivity (Wildman–Crippen MR) is 42.1 cm³/mol. The highest BCUT2D eigenvalue weighted by molar-refractivity contribution is 6.19. The SMILES string of the molecule is CCOC(=O)C1=C(N)CCC1=O. The minimum absolute atomic E-state index is 0.0526. The molecule has 0 bridgehead atoms. The minimum atomic E-state index is -0.586. The van der Waals surface area contributed by atoms with Crippen LogP contribution < -0.4 is 5.73 Å². The summed E-state index contributed by atoms with van der Waals surface area (Å²) in [5, 5.41) is 0. The molecule has 1 rings (SSSR count). The molecule has 0 fully saturated rings. The Hall–Kier alpha value is -1.32. The first-order valence-electron chi connectivity index (χ1n) is 3.85. The molecule has 66 valence electrons. The van der Waals surface area contributed by atoms with Crippen molar-refractivity contribution in [1.82, 2.24) is 0 Å². The van der Waals surface area contributed by atoms with Gasteiger partial charge in [0.05, 0.1) is 6.61 Å². The van der Waals surface area contributed by atoms with E-state index >= 15 is 0 Å². The molecule has 0 aromatic carbocycles. The van der Waals surface area contributed by atoms with Crippen molar-refractivity contribution in [2.24, 2.45) is 5.73 Å². The third-order valence-corrected chi connectivity index (χ3v) is 1.70. The Bertz CT molecular complexity index is 255. The number of Topliss-reactive ketones (excluding diaryl/α,β-unsaturated/α-hetero) is 1. The number of esters is 1. The maximum Gasteiger partial charge on any atom is 0.343 e. The molecule has 0 saturated heterocycles. The van der Waals surface area contributed by atoms with Crippen molar-refractivity contribution < 1.29 is 14.3 Å². The highest BCUT2D eigenvalue weighted by Crippen LogP contribution is 2.19. The average Bonchev–Trinajstić information content (AvgIpc) is 2.32. The van der Waals surface area contributed by atoms with Crippen molar-refractivity contribution in [2.75, 3.05) is 6.61 Å². The lowest BCUT2D eigenvalue weighted by Crippen LogP contribution is -2.15. The van der Waals surface area contributed by atoms with E-state index < -0.39 is 5.97 Å². The summed E-state index contributed by atoms with van der Waals surface area (Å²) in [7, 11) is 0. The van der Waals surface area contributed by atoms with Gasteiger partial charge in [0.15, 0.2) is 5.78 Å². The van der Waals surface area contributed by atoms with E-state index in [1.165, 1.54) is 0 Å². The third-order valence-electron chi connectivity index (χ3n) is 1.70. The van der Waals surface area contributed by atoms with Crippen LogP contribution in [0.15, 0.2) is 11.3 Å². The minimum Gasteiger partial charge on any atom is -0.462 e. The van der Waals surface area contributed by atoms with E-state index in [0.717, 1.165) is 0 Å². The van der Waals surface area contributed by atoms with Crippen molar-refractivity contribution >= 4 is 11.8 Å². The van der Waals surface area contributed by atoms with Crippen molar-refractivity contribution in [3.05, 3.63) is 11.3 Å². The van der Waals surface area contributed by atoms with Gasteiger partial charge in [-0.25, -0.2) is 4.79 Å². The molecule has 0 unspecified atom stereocenters.